The van der Waals surface area contributed by atoms with Crippen LogP contribution in [0.2, 0.25) is 0 Å². The molecule has 0 saturated carbocycles. The van der Waals surface area contributed by atoms with E-state index in [2.05, 4.69) is 57.0 Å². The molecule has 2 aromatic rings. The van der Waals surface area contributed by atoms with Crippen LogP contribution in [0.4, 0.5) is 30.6 Å². The summed E-state index contributed by atoms with van der Waals surface area (Å²) in [4.78, 5) is 20.9. The van der Waals surface area contributed by atoms with E-state index in [-0.39, 0.29) is 0 Å². The number of halogens is 3. The zero-order chi connectivity index (χ0) is 24.1. The molecule has 2 heterocycles. The van der Waals surface area contributed by atoms with Crippen molar-refractivity contribution in [3.8, 4) is 0 Å². The van der Waals surface area contributed by atoms with Gasteiger partial charge < -0.3 is 15.3 Å². The predicted octanol–water partition coefficient (Wildman–Crippen LogP) is 5.64. The topological polar surface area (TPSA) is 78.4 Å². The molecule has 0 unspecified atom stereocenters. The lowest BCUT2D eigenvalue weighted by molar-refractivity contribution is -0.192. The van der Waals surface area contributed by atoms with Crippen molar-refractivity contribution in [2.45, 2.75) is 66.5 Å². The van der Waals surface area contributed by atoms with Crippen molar-refractivity contribution in [2.75, 3.05) is 23.3 Å². The molecule has 176 valence electrons. The Morgan fingerprint density at radius 2 is 1.72 bits per heavy atom. The van der Waals surface area contributed by atoms with Crippen LogP contribution in [0, 0.1) is 27.7 Å². The molecule has 0 saturated heterocycles. The molecule has 32 heavy (non-hydrogen) atoms. The van der Waals surface area contributed by atoms with Crippen LogP contribution < -0.4 is 10.2 Å². The van der Waals surface area contributed by atoms with Gasteiger partial charge >= 0.3 is 12.1 Å². The van der Waals surface area contributed by atoms with E-state index in [4.69, 9.17) is 19.9 Å². The molecule has 9 heteroatoms. The standard InChI is InChI=1S/C21H30N4.C2HF3O2/c1-6-7-8-10-25-11-9-18-17(5)22-21(24-20(18)25)23-19-15(3)12-14(2)13-16(19)4;3-2(4,5)1(6)7/h12-13H,6-11H2,1-5H3,(H,22,23,24);(H,6,7). The zero-order valence-corrected chi connectivity index (χ0v) is 19.2. The highest BCUT2D eigenvalue weighted by Gasteiger charge is 2.38. The van der Waals surface area contributed by atoms with Crippen LogP contribution in [0.3, 0.4) is 0 Å². The van der Waals surface area contributed by atoms with Crippen molar-refractivity contribution < 1.29 is 23.1 Å². The van der Waals surface area contributed by atoms with Crippen LogP contribution >= 0.6 is 0 Å². The van der Waals surface area contributed by atoms with E-state index in [1.807, 2.05) is 0 Å². The van der Waals surface area contributed by atoms with Crippen LogP contribution in [0.5, 0.6) is 0 Å². The number of hydrogen-bond donors (Lipinski definition) is 2. The first-order chi connectivity index (χ1) is 14.9. The van der Waals surface area contributed by atoms with Gasteiger partial charge in [-0.25, -0.2) is 9.78 Å². The number of aryl methyl sites for hydroxylation is 4. The van der Waals surface area contributed by atoms with Crippen LogP contribution in [0.25, 0.3) is 0 Å². The molecule has 0 atom stereocenters. The molecular formula is C23H31F3N4O2. The lowest BCUT2D eigenvalue weighted by Crippen LogP contribution is -2.22. The molecule has 1 aliphatic rings. The zero-order valence-electron chi connectivity index (χ0n) is 19.2. The molecule has 0 bridgehead atoms. The number of rotatable bonds is 6. The molecule has 1 aromatic heterocycles. The van der Waals surface area contributed by atoms with Gasteiger partial charge in [-0.05, 0) is 51.7 Å². The lowest BCUT2D eigenvalue weighted by atomic mass is 10.1. The number of carboxylic acid groups (broad SMARTS) is 1. The van der Waals surface area contributed by atoms with Gasteiger partial charge in [0.1, 0.15) is 5.82 Å². The summed E-state index contributed by atoms with van der Waals surface area (Å²) in [6.07, 6.45) is -0.251. The second-order valence-corrected chi connectivity index (χ2v) is 8.08. The summed E-state index contributed by atoms with van der Waals surface area (Å²) >= 11 is 0. The fraction of sp³-hybridized carbons (Fsp3) is 0.522. The number of aliphatic carboxylic acids is 1. The molecule has 2 N–H and O–H groups in total. The largest absolute Gasteiger partial charge is 0.490 e. The minimum atomic E-state index is -5.08. The summed E-state index contributed by atoms with van der Waals surface area (Å²) in [5.41, 5.74) is 7.31. The third-order valence-corrected chi connectivity index (χ3v) is 5.31. The normalized spacial score (nSPS) is 12.8. The van der Waals surface area contributed by atoms with E-state index in [0.717, 1.165) is 36.7 Å². The van der Waals surface area contributed by atoms with E-state index in [9.17, 15) is 13.2 Å². The highest BCUT2D eigenvalue weighted by atomic mass is 19.4. The predicted molar refractivity (Wildman–Crippen MR) is 120 cm³/mol. The summed E-state index contributed by atoms with van der Waals surface area (Å²) in [6, 6.07) is 4.40. The van der Waals surface area contributed by atoms with Crippen molar-refractivity contribution in [2.24, 2.45) is 0 Å². The molecule has 0 radical (unpaired) electrons. The summed E-state index contributed by atoms with van der Waals surface area (Å²) in [5.74, 6) is -0.908. The summed E-state index contributed by atoms with van der Waals surface area (Å²) in [7, 11) is 0. The number of nitrogens with zero attached hydrogens (tertiary/aromatic N) is 3. The van der Waals surface area contributed by atoms with Crippen molar-refractivity contribution in [1.82, 2.24) is 9.97 Å². The van der Waals surface area contributed by atoms with Crippen molar-refractivity contribution in [3.05, 3.63) is 40.1 Å². The smallest absolute Gasteiger partial charge is 0.475 e. The van der Waals surface area contributed by atoms with Gasteiger partial charge in [-0.15, -0.1) is 0 Å². The maximum absolute atomic E-state index is 10.6. The number of unbranched alkanes of at least 4 members (excludes halogenated alkanes) is 2. The van der Waals surface area contributed by atoms with E-state index in [1.54, 1.807) is 0 Å². The second kappa shape index (κ2) is 10.7. The first-order valence-corrected chi connectivity index (χ1v) is 10.7. The molecule has 3 rings (SSSR count). The Morgan fingerprint density at radius 1 is 1.12 bits per heavy atom. The molecule has 1 aromatic carbocycles. The fourth-order valence-corrected chi connectivity index (χ4v) is 3.80. The average molecular weight is 453 g/mol. The Balaban J connectivity index is 0.000000451. The van der Waals surface area contributed by atoms with Gasteiger partial charge in [-0.1, -0.05) is 37.5 Å². The maximum atomic E-state index is 10.6. The van der Waals surface area contributed by atoms with E-state index in [1.165, 1.54) is 41.5 Å². The number of nitrogens with one attached hydrogen (secondary N) is 1. The molecule has 1 aliphatic heterocycles. The quantitative estimate of drug-likeness (QED) is 0.553. The first-order valence-electron chi connectivity index (χ1n) is 10.7. The Bertz CT molecular complexity index is 938. The molecule has 0 amide bonds. The van der Waals surface area contributed by atoms with Gasteiger partial charge in [0, 0.05) is 30.0 Å². The van der Waals surface area contributed by atoms with Gasteiger partial charge in [0.25, 0.3) is 0 Å². The van der Waals surface area contributed by atoms with E-state index in [0.29, 0.717) is 5.95 Å². The highest BCUT2D eigenvalue weighted by molar-refractivity contribution is 5.73. The SMILES string of the molecule is CCCCCN1CCc2c(C)nc(Nc3c(C)cc(C)cc3C)nc21.O=C(O)C(F)(F)F. The number of hydrogen-bond acceptors (Lipinski definition) is 5. The van der Waals surface area contributed by atoms with Crippen LogP contribution in [-0.2, 0) is 11.2 Å². The number of fused-ring (bicyclic) bond motifs is 1. The number of aromatic nitrogens is 2. The minimum Gasteiger partial charge on any atom is -0.475 e. The Morgan fingerprint density at radius 3 is 2.25 bits per heavy atom. The molecule has 0 spiro atoms. The maximum Gasteiger partial charge on any atom is 0.490 e. The molecule has 0 fully saturated rings. The molecule has 0 aliphatic carbocycles. The highest BCUT2D eigenvalue weighted by Crippen LogP contribution is 2.31. The number of carboxylic acids is 1. The van der Waals surface area contributed by atoms with E-state index < -0.39 is 12.1 Å². The molecule has 6 nitrogen and oxygen atoms in total. The summed E-state index contributed by atoms with van der Waals surface area (Å²) < 4.78 is 31.7. The van der Waals surface area contributed by atoms with Gasteiger partial charge in [-0.3, -0.25) is 0 Å². The monoisotopic (exact) mass is 452 g/mol. The number of carbonyl (C=O) groups is 1. The van der Waals surface area contributed by atoms with Crippen molar-refractivity contribution in [1.29, 1.82) is 0 Å². The van der Waals surface area contributed by atoms with Gasteiger partial charge in [-0.2, -0.15) is 18.2 Å². The van der Waals surface area contributed by atoms with Crippen LogP contribution in [0.1, 0.15) is 54.1 Å². The van der Waals surface area contributed by atoms with Gasteiger partial charge in [0.15, 0.2) is 0 Å². The summed E-state index contributed by atoms with van der Waals surface area (Å²) in [6.45, 7) is 12.9. The van der Waals surface area contributed by atoms with Gasteiger partial charge in [0.2, 0.25) is 5.95 Å². The number of anilines is 3. The third kappa shape index (κ3) is 6.58. The average Bonchev–Trinajstić information content (AvgIpc) is 3.08. The van der Waals surface area contributed by atoms with Crippen molar-refractivity contribution >= 4 is 23.4 Å². The number of alkyl halides is 3. The lowest BCUT2D eigenvalue weighted by Gasteiger charge is -2.19. The Labute approximate surface area is 186 Å². The fourth-order valence-electron chi connectivity index (χ4n) is 3.80. The molecular weight excluding hydrogens is 421 g/mol. The number of benzene rings is 1. The Kier molecular flexibility index (Phi) is 8.46. The third-order valence-electron chi connectivity index (χ3n) is 5.31. The van der Waals surface area contributed by atoms with Gasteiger partial charge in [0.05, 0.1) is 0 Å². The minimum absolute atomic E-state index is 0.716. The first kappa shape index (κ1) is 25.4. The van der Waals surface area contributed by atoms with Crippen molar-refractivity contribution in [3.63, 3.8) is 0 Å². The van der Waals surface area contributed by atoms with Crippen LogP contribution in [-0.4, -0.2) is 40.3 Å². The second-order valence-electron chi connectivity index (χ2n) is 8.08. The summed E-state index contributed by atoms with van der Waals surface area (Å²) in [5, 5.41) is 10.6. The van der Waals surface area contributed by atoms with E-state index >= 15 is 0 Å². The van der Waals surface area contributed by atoms with Crippen LogP contribution in [0.15, 0.2) is 12.1 Å². The Hall–Kier alpha value is -2.84.